The zero-order valence-electron chi connectivity index (χ0n) is 7.84. The number of benzene rings is 1. The van der Waals surface area contributed by atoms with Gasteiger partial charge in [0.25, 0.3) is 0 Å². The molecule has 2 aromatic rings. The highest BCUT2D eigenvalue weighted by atomic mass is 32.1. The summed E-state index contributed by atoms with van der Waals surface area (Å²) in [6.45, 7) is 2.06. The van der Waals surface area contributed by atoms with E-state index < -0.39 is 0 Å². The number of rotatable bonds is 2. The van der Waals surface area contributed by atoms with Crippen LogP contribution in [0.3, 0.4) is 0 Å². The van der Waals surface area contributed by atoms with E-state index in [1.54, 1.807) is 6.20 Å². The minimum Gasteiger partial charge on any atom is -0.320 e. The molecule has 72 valence electrons. The van der Waals surface area contributed by atoms with Crippen LogP contribution in [0.5, 0.6) is 0 Å². The fraction of sp³-hybridized carbons (Fsp3) is 0.200. The Bertz CT molecular complexity index is 411. The highest BCUT2D eigenvalue weighted by Gasteiger charge is 2.10. The van der Waals surface area contributed by atoms with E-state index in [4.69, 9.17) is 5.73 Å². The van der Waals surface area contributed by atoms with E-state index in [2.05, 4.69) is 28.6 Å². The van der Waals surface area contributed by atoms with Crippen LogP contribution in [0.2, 0.25) is 0 Å². The molecule has 4 heteroatoms. The molecule has 0 saturated carbocycles. The second-order valence-electron chi connectivity index (χ2n) is 3.21. The first-order valence-corrected chi connectivity index (χ1v) is 5.14. The zero-order chi connectivity index (χ0) is 9.97. The first kappa shape index (κ1) is 9.30. The molecule has 1 atom stereocenters. The molecule has 0 aliphatic heterocycles. The highest BCUT2D eigenvalue weighted by molar-refractivity contribution is 7.05. The summed E-state index contributed by atoms with van der Waals surface area (Å²) < 4.78 is 3.80. The number of hydrogen-bond acceptors (Lipinski definition) is 4. The van der Waals surface area contributed by atoms with Crippen LogP contribution in [0.25, 0.3) is 0 Å². The molecule has 1 aromatic carbocycles. The van der Waals surface area contributed by atoms with Gasteiger partial charge < -0.3 is 5.73 Å². The van der Waals surface area contributed by atoms with E-state index in [0.717, 1.165) is 10.4 Å². The Balaban J connectivity index is 2.32. The maximum Gasteiger partial charge on any atom is 0.0678 e. The van der Waals surface area contributed by atoms with Gasteiger partial charge in [-0.1, -0.05) is 34.3 Å². The summed E-state index contributed by atoms with van der Waals surface area (Å²) in [5, 5.41) is 3.78. The van der Waals surface area contributed by atoms with Crippen molar-refractivity contribution in [2.24, 2.45) is 5.73 Å². The summed E-state index contributed by atoms with van der Waals surface area (Å²) >= 11 is 1.35. The largest absolute Gasteiger partial charge is 0.320 e. The minimum atomic E-state index is -0.102. The molecule has 0 aliphatic carbocycles. The number of nitrogens with zero attached hydrogens (tertiary/aromatic N) is 2. The van der Waals surface area contributed by atoms with Gasteiger partial charge in [-0.3, -0.25) is 0 Å². The third kappa shape index (κ3) is 1.81. The van der Waals surface area contributed by atoms with Crippen molar-refractivity contribution in [3.05, 3.63) is 46.5 Å². The van der Waals surface area contributed by atoms with Crippen LogP contribution >= 0.6 is 11.5 Å². The molecule has 0 spiro atoms. The van der Waals surface area contributed by atoms with Crippen LogP contribution in [-0.2, 0) is 0 Å². The third-order valence-corrected chi connectivity index (χ3v) is 2.83. The molecule has 0 amide bonds. The maximum atomic E-state index is 6.06. The van der Waals surface area contributed by atoms with Crippen molar-refractivity contribution in [1.29, 1.82) is 0 Å². The number of aryl methyl sites for hydroxylation is 1. The van der Waals surface area contributed by atoms with E-state index in [1.807, 2.05) is 12.1 Å². The van der Waals surface area contributed by atoms with E-state index in [-0.39, 0.29) is 6.04 Å². The molecular weight excluding hydrogens is 194 g/mol. The van der Waals surface area contributed by atoms with Gasteiger partial charge in [0.05, 0.1) is 17.1 Å². The highest BCUT2D eigenvalue weighted by Crippen LogP contribution is 2.21. The fourth-order valence-corrected chi connectivity index (χ4v) is 1.87. The second-order valence-corrected chi connectivity index (χ2v) is 4.03. The van der Waals surface area contributed by atoms with Crippen LogP contribution in [-0.4, -0.2) is 9.59 Å². The molecule has 2 rings (SSSR count). The monoisotopic (exact) mass is 205 g/mol. The minimum absolute atomic E-state index is 0.102. The molecule has 14 heavy (non-hydrogen) atoms. The lowest BCUT2D eigenvalue weighted by molar-refractivity contribution is 0.886. The lowest BCUT2D eigenvalue weighted by Crippen LogP contribution is -2.10. The molecule has 0 fully saturated rings. The fourth-order valence-electron chi connectivity index (χ4n) is 1.34. The molecule has 1 heterocycles. The summed E-state index contributed by atoms with van der Waals surface area (Å²) in [5.41, 5.74) is 8.39. The van der Waals surface area contributed by atoms with Crippen molar-refractivity contribution in [3.63, 3.8) is 0 Å². The Morgan fingerprint density at radius 1 is 1.43 bits per heavy atom. The zero-order valence-corrected chi connectivity index (χ0v) is 8.66. The number of hydrogen-bond donors (Lipinski definition) is 1. The van der Waals surface area contributed by atoms with Crippen molar-refractivity contribution < 1.29 is 0 Å². The Labute approximate surface area is 86.7 Å². The van der Waals surface area contributed by atoms with Gasteiger partial charge in [-0.25, -0.2) is 0 Å². The molecule has 0 radical (unpaired) electrons. The number of nitrogens with two attached hydrogens (primary N) is 1. The summed E-state index contributed by atoms with van der Waals surface area (Å²) in [4.78, 5) is 0.996. The van der Waals surface area contributed by atoms with Gasteiger partial charge in [0, 0.05) is 0 Å². The number of aromatic nitrogens is 2. The third-order valence-electron chi connectivity index (χ3n) is 2.09. The van der Waals surface area contributed by atoms with Gasteiger partial charge in [-0.15, -0.1) is 5.10 Å². The van der Waals surface area contributed by atoms with Gasteiger partial charge in [0.1, 0.15) is 0 Å². The molecule has 1 unspecified atom stereocenters. The second kappa shape index (κ2) is 3.86. The van der Waals surface area contributed by atoms with Crippen LogP contribution in [0.1, 0.15) is 22.0 Å². The van der Waals surface area contributed by atoms with Crippen molar-refractivity contribution >= 4 is 11.5 Å². The van der Waals surface area contributed by atoms with E-state index in [9.17, 15) is 0 Å². The Morgan fingerprint density at radius 2 is 2.29 bits per heavy atom. The average molecular weight is 205 g/mol. The first-order chi connectivity index (χ1) is 6.77. The van der Waals surface area contributed by atoms with Crippen molar-refractivity contribution in [1.82, 2.24) is 9.59 Å². The summed E-state index contributed by atoms with van der Waals surface area (Å²) in [5.74, 6) is 0. The summed E-state index contributed by atoms with van der Waals surface area (Å²) in [6.07, 6.45) is 1.72. The average Bonchev–Trinajstić information content (AvgIpc) is 2.69. The van der Waals surface area contributed by atoms with E-state index in [1.165, 1.54) is 17.1 Å². The van der Waals surface area contributed by atoms with Gasteiger partial charge in [-0.2, -0.15) is 0 Å². The summed E-state index contributed by atoms with van der Waals surface area (Å²) in [7, 11) is 0. The van der Waals surface area contributed by atoms with Crippen molar-refractivity contribution in [2.45, 2.75) is 13.0 Å². The van der Waals surface area contributed by atoms with Gasteiger partial charge in [0.15, 0.2) is 0 Å². The molecule has 0 aliphatic rings. The smallest absolute Gasteiger partial charge is 0.0678 e. The molecular formula is C10H11N3S. The Kier molecular flexibility index (Phi) is 2.56. The van der Waals surface area contributed by atoms with Gasteiger partial charge in [0.2, 0.25) is 0 Å². The predicted molar refractivity (Wildman–Crippen MR) is 57.1 cm³/mol. The SMILES string of the molecule is Cc1cccc(C(N)c2cnns2)c1. The molecule has 1 aromatic heterocycles. The molecule has 0 bridgehead atoms. The van der Waals surface area contributed by atoms with Crippen LogP contribution < -0.4 is 5.73 Å². The Hall–Kier alpha value is -1.26. The first-order valence-electron chi connectivity index (χ1n) is 4.37. The molecule has 3 nitrogen and oxygen atoms in total. The lowest BCUT2D eigenvalue weighted by atomic mass is 10.0. The molecule has 2 N–H and O–H groups in total. The quantitative estimate of drug-likeness (QED) is 0.814. The van der Waals surface area contributed by atoms with E-state index >= 15 is 0 Å². The van der Waals surface area contributed by atoms with Gasteiger partial charge >= 0.3 is 0 Å². The van der Waals surface area contributed by atoms with Crippen molar-refractivity contribution in [3.8, 4) is 0 Å². The van der Waals surface area contributed by atoms with E-state index in [0.29, 0.717) is 0 Å². The molecule has 0 saturated heterocycles. The normalized spacial score (nSPS) is 12.7. The summed E-state index contributed by atoms with van der Waals surface area (Å²) in [6, 6.07) is 8.08. The maximum absolute atomic E-state index is 6.06. The van der Waals surface area contributed by atoms with Crippen LogP contribution in [0.15, 0.2) is 30.5 Å². The van der Waals surface area contributed by atoms with Crippen LogP contribution in [0.4, 0.5) is 0 Å². The van der Waals surface area contributed by atoms with Crippen molar-refractivity contribution in [2.75, 3.05) is 0 Å². The topological polar surface area (TPSA) is 51.8 Å². The van der Waals surface area contributed by atoms with Crippen LogP contribution in [0, 0.1) is 6.92 Å². The van der Waals surface area contributed by atoms with Gasteiger partial charge in [-0.05, 0) is 24.0 Å². The Morgan fingerprint density at radius 3 is 2.93 bits per heavy atom. The predicted octanol–water partition coefficient (Wildman–Crippen LogP) is 1.89. The lowest BCUT2D eigenvalue weighted by Gasteiger charge is -2.08. The standard InChI is InChI=1S/C10H11N3S/c1-7-3-2-4-8(5-7)10(11)9-6-12-13-14-9/h2-6,10H,11H2,1H3.